The SMILES string of the molecule is C=CC(=O)N1CCN(c2nc(OCC3CCCN3C)nc(C(=O)[C@H]3CC(OC)c4ccccc4S3)c2CC)CC1CC#N. The van der Waals surface area contributed by atoms with Gasteiger partial charge in [0.2, 0.25) is 5.91 Å². The van der Waals surface area contributed by atoms with Gasteiger partial charge >= 0.3 is 6.01 Å². The number of hydrogen-bond donors (Lipinski definition) is 0. The van der Waals surface area contributed by atoms with E-state index >= 15 is 0 Å². The number of nitriles is 1. The van der Waals surface area contributed by atoms with Crippen LogP contribution in [0.15, 0.2) is 41.8 Å². The molecule has 0 bridgehead atoms. The maximum Gasteiger partial charge on any atom is 0.319 e. The zero-order valence-corrected chi connectivity index (χ0v) is 26.0. The van der Waals surface area contributed by atoms with Crippen LogP contribution >= 0.6 is 11.8 Å². The Hall–Kier alpha value is -3.46. The first-order valence-electron chi connectivity index (χ1n) is 15.0. The van der Waals surface area contributed by atoms with Gasteiger partial charge < -0.3 is 24.2 Å². The van der Waals surface area contributed by atoms with Gasteiger partial charge in [0.25, 0.3) is 0 Å². The Kier molecular flexibility index (Phi) is 10.0. The molecule has 0 N–H and O–H groups in total. The van der Waals surface area contributed by atoms with Gasteiger partial charge in [-0.15, -0.1) is 11.8 Å². The highest BCUT2D eigenvalue weighted by Crippen LogP contribution is 2.44. The molecule has 2 aromatic rings. The summed E-state index contributed by atoms with van der Waals surface area (Å²) in [6.45, 7) is 8.41. The minimum absolute atomic E-state index is 0.0704. The summed E-state index contributed by atoms with van der Waals surface area (Å²) in [6, 6.07) is 10.4. The van der Waals surface area contributed by atoms with E-state index in [-0.39, 0.29) is 47.6 Å². The number of piperazine rings is 1. The molecule has 5 rings (SSSR count). The minimum Gasteiger partial charge on any atom is -0.462 e. The van der Waals surface area contributed by atoms with Gasteiger partial charge in [-0.1, -0.05) is 31.7 Å². The van der Waals surface area contributed by atoms with Crippen molar-refractivity contribution < 1.29 is 19.1 Å². The Morgan fingerprint density at radius 1 is 1.21 bits per heavy atom. The number of carbonyl (C=O) groups is 2. The first-order valence-corrected chi connectivity index (χ1v) is 15.9. The zero-order valence-electron chi connectivity index (χ0n) is 25.2. The number of fused-ring (bicyclic) bond motifs is 1. The van der Waals surface area contributed by atoms with Crippen molar-refractivity contribution >= 4 is 29.3 Å². The van der Waals surface area contributed by atoms with Crippen molar-refractivity contribution in [2.75, 3.05) is 51.8 Å². The van der Waals surface area contributed by atoms with Crippen molar-refractivity contribution in [2.45, 2.75) is 67.4 Å². The van der Waals surface area contributed by atoms with Crippen LogP contribution in [0, 0.1) is 11.3 Å². The number of carbonyl (C=O) groups excluding carboxylic acids is 2. The van der Waals surface area contributed by atoms with Crippen LogP contribution in [0.2, 0.25) is 0 Å². The molecule has 228 valence electrons. The predicted molar refractivity (Wildman–Crippen MR) is 165 cm³/mol. The number of rotatable bonds is 10. The first-order chi connectivity index (χ1) is 20.9. The summed E-state index contributed by atoms with van der Waals surface area (Å²) in [4.78, 5) is 43.6. The number of likely N-dealkylation sites (tertiary alicyclic amines) is 1. The van der Waals surface area contributed by atoms with Crippen molar-refractivity contribution in [3.8, 4) is 12.1 Å². The summed E-state index contributed by atoms with van der Waals surface area (Å²) >= 11 is 1.55. The number of thioether (sulfide) groups is 1. The lowest BCUT2D eigenvalue weighted by Gasteiger charge is -2.41. The van der Waals surface area contributed by atoms with E-state index in [2.05, 4.69) is 35.6 Å². The Morgan fingerprint density at radius 2 is 2.02 bits per heavy atom. The molecule has 0 spiro atoms. The van der Waals surface area contributed by atoms with Crippen molar-refractivity contribution in [3.63, 3.8) is 0 Å². The molecule has 2 fully saturated rings. The lowest BCUT2D eigenvalue weighted by molar-refractivity contribution is -0.128. The van der Waals surface area contributed by atoms with Crippen LogP contribution in [-0.4, -0.2) is 95.7 Å². The van der Waals surface area contributed by atoms with Gasteiger partial charge in [-0.25, -0.2) is 0 Å². The molecule has 4 atom stereocenters. The van der Waals surface area contributed by atoms with Crippen molar-refractivity contribution in [3.05, 3.63) is 53.7 Å². The average Bonchev–Trinajstić information content (AvgIpc) is 3.46. The van der Waals surface area contributed by atoms with Crippen LogP contribution in [0.4, 0.5) is 5.82 Å². The number of benzene rings is 1. The summed E-state index contributed by atoms with van der Waals surface area (Å²) in [5.74, 6) is 0.369. The lowest BCUT2D eigenvalue weighted by Crippen LogP contribution is -2.55. The summed E-state index contributed by atoms with van der Waals surface area (Å²) in [7, 11) is 3.77. The zero-order chi connectivity index (χ0) is 30.5. The molecule has 0 radical (unpaired) electrons. The highest BCUT2D eigenvalue weighted by Gasteiger charge is 2.37. The molecular weight excluding hydrogens is 564 g/mol. The van der Waals surface area contributed by atoms with Crippen molar-refractivity contribution in [2.24, 2.45) is 0 Å². The van der Waals surface area contributed by atoms with Gasteiger partial charge in [0, 0.05) is 43.2 Å². The fraction of sp³-hybridized carbons (Fsp3) is 0.531. The molecule has 1 amide bonds. The monoisotopic (exact) mass is 604 g/mol. The van der Waals surface area contributed by atoms with E-state index in [9.17, 15) is 14.9 Å². The maximum absolute atomic E-state index is 14.3. The topological polar surface area (TPSA) is 112 Å². The van der Waals surface area contributed by atoms with E-state index in [0.717, 1.165) is 35.4 Å². The van der Waals surface area contributed by atoms with E-state index in [4.69, 9.17) is 19.4 Å². The van der Waals surface area contributed by atoms with Crippen LogP contribution in [0.1, 0.15) is 60.3 Å². The molecule has 0 aliphatic carbocycles. The van der Waals surface area contributed by atoms with Crippen molar-refractivity contribution in [1.29, 1.82) is 5.26 Å². The number of aromatic nitrogens is 2. The number of ketones is 1. The van der Waals surface area contributed by atoms with Crippen LogP contribution in [0.25, 0.3) is 0 Å². The normalized spacial score (nSPS) is 23.9. The minimum atomic E-state index is -0.380. The summed E-state index contributed by atoms with van der Waals surface area (Å²) in [5.41, 5.74) is 2.22. The number of hydrogen-bond acceptors (Lipinski definition) is 10. The Balaban J connectivity index is 1.50. The molecule has 11 heteroatoms. The third kappa shape index (κ3) is 6.56. The van der Waals surface area contributed by atoms with Gasteiger partial charge in [-0.3, -0.25) is 9.59 Å². The molecule has 4 heterocycles. The molecule has 1 aromatic heterocycles. The Labute approximate surface area is 258 Å². The van der Waals surface area contributed by atoms with E-state index in [1.807, 2.05) is 25.1 Å². The summed E-state index contributed by atoms with van der Waals surface area (Å²) in [5, 5.41) is 9.14. The highest BCUT2D eigenvalue weighted by atomic mass is 32.2. The van der Waals surface area contributed by atoms with Crippen LogP contribution in [0.5, 0.6) is 6.01 Å². The molecule has 1 aromatic carbocycles. The number of likely N-dealkylation sites (N-methyl/N-ethyl adjacent to an activating group) is 1. The van der Waals surface area contributed by atoms with Gasteiger partial charge in [-0.05, 0) is 57.0 Å². The lowest BCUT2D eigenvalue weighted by atomic mass is 9.98. The molecule has 10 nitrogen and oxygen atoms in total. The highest BCUT2D eigenvalue weighted by molar-refractivity contribution is 8.00. The smallest absolute Gasteiger partial charge is 0.319 e. The number of anilines is 1. The van der Waals surface area contributed by atoms with E-state index in [0.29, 0.717) is 50.6 Å². The third-order valence-electron chi connectivity index (χ3n) is 8.74. The Bertz CT molecular complexity index is 1400. The number of amides is 1. The molecule has 2 saturated heterocycles. The molecule has 3 aliphatic heterocycles. The molecular formula is C32H40N6O4S. The maximum atomic E-state index is 14.3. The first kappa shape index (κ1) is 31.0. The van der Waals surface area contributed by atoms with Gasteiger partial charge in [-0.2, -0.15) is 15.2 Å². The molecule has 3 unspecified atom stereocenters. The fourth-order valence-corrected chi connectivity index (χ4v) is 7.61. The number of Topliss-reactive ketones (excluding diaryl/α,β-unsaturated/α-hetero) is 1. The van der Waals surface area contributed by atoms with Crippen LogP contribution < -0.4 is 9.64 Å². The fourth-order valence-electron chi connectivity index (χ4n) is 6.32. The van der Waals surface area contributed by atoms with Gasteiger partial charge in [0.05, 0.1) is 29.9 Å². The second kappa shape index (κ2) is 13.9. The van der Waals surface area contributed by atoms with E-state index < -0.39 is 0 Å². The number of ether oxygens (including phenoxy) is 2. The van der Waals surface area contributed by atoms with Crippen LogP contribution in [-0.2, 0) is 16.0 Å². The Morgan fingerprint density at radius 3 is 2.72 bits per heavy atom. The third-order valence-corrected chi connectivity index (χ3v) is 10.1. The standard InChI is InChI=1S/C32H40N6O4S/c1-5-23-29(30(40)27-18-25(41-4)24-11-7-8-12-26(24)43-27)34-32(42-20-22-10-9-15-36(22)3)35-31(23)37-16-17-38(28(39)6-2)21(19-37)13-14-33/h6-8,11-12,21-22,25,27H,2,5,9-10,13,15-20H2,1,3-4H3/t21?,22?,25?,27-/m1/s1. The largest absolute Gasteiger partial charge is 0.462 e. The molecule has 0 saturated carbocycles. The van der Waals surface area contributed by atoms with Crippen molar-refractivity contribution in [1.82, 2.24) is 19.8 Å². The van der Waals surface area contributed by atoms with Crippen LogP contribution in [0.3, 0.4) is 0 Å². The van der Waals surface area contributed by atoms with Gasteiger partial charge in [0.15, 0.2) is 5.78 Å². The van der Waals surface area contributed by atoms with E-state index in [1.54, 1.807) is 23.8 Å². The van der Waals surface area contributed by atoms with E-state index in [1.165, 1.54) is 6.08 Å². The van der Waals surface area contributed by atoms with Gasteiger partial charge in [0.1, 0.15) is 18.1 Å². The molecule has 3 aliphatic rings. The molecule has 43 heavy (non-hydrogen) atoms. The number of methoxy groups -OCH3 is 1. The number of nitrogens with zero attached hydrogens (tertiary/aromatic N) is 6. The summed E-state index contributed by atoms with van der Waals surface area (Å²) in [6.07, 6.45) is 4.51. The second-order valence-electron chi connectivity index (χ2n) is 11.3. The predicted octanol–water partition coefficient (Wildman–Crippen LogP) is 4.06. The second-order valence-corrected chi connectivity index (χ2v) is 12.5. The summed E-state index contributed by atoms with van der Waals surface area (Å²) < 4.78 is 12.0. The average molecular weight is 605 g/mol. The quantitative estimate of drug-likeness (QED) is 0.291.